The van der Waals surface area contributed by atoms with Crippen molar-refractivity contribution < 1.29 is 9.53 Å². The molecule has 0 radical (unpaired) electrons. The summed E-state index contributed by atoms with van der Waals surface area (Å²) in [6.45, 7) is 7.03. The van der Waals surface area contributed by atoms with Crippen LogP contribution in [0.2, 0.25) is 0 Å². The highest BCUT2D eigenvalue weighted by Gasteiger charge is 2.25. The van der Waals surface area contributed by atoms with E-state index >= 15 is 0 Å². The molecule has 0 aliphatic carbocycles. The highest BCUT2D eigenvalue weighted by Crippen LogP contribution is 2.21. The van der Waals surface area contributed by atoms with Gasteiger partial charge >= 0.3 is 0 Å². The first-order chi connectivity index (χ1) is 12.6. The van der Waals surface area contributed by atoms with E-state index in [0.717, 1.165) is 42.9 Å². The van der Waals surface area contributed by atoms with Gasteiger partial charge in [-0.25, -0.2) is 4.68 Å². The number of piperidine rings is 1. The quantitative estimate of drug-likeness (QED) is 0.858. The van der Waals surface area contributed by atoms with Gasteiger partial charge in [-0.1, -0.05) is 17.3 Å². The standard InChI is InChI=1S/C19H27N5O2/c1-4-23(13-15-5-7-17(26-3)8-6-15)19(25)18-14(2)24(22-21-18)16-9-11-20-12-10-16/h5-8,16,20H,4,9-13H2,1-3H3. The first-order valence-corrected chi connectivity index (χ1v) is 9.18. The lowest BCUT2D eigenvalue weighted by atomic mass is 10.1. The van der Waals surface area contributed by atoms with Crippen LogP contribution in [0, 0.1) is 6.92 Å². The molecule has 0 spiro atoms. The van der Waals surface area contributed by atoms with Crippen LogP contribution in [0.1, 0.15) is 47.6 Å². The zero-order valence-electron chi connectivity index (χ0n) is 15.7. The van der Waals surface area contributed by atoms with Crippen LogP contribution in [0.4, 0.5) is 0 Å². The van der Waals surface area contributed by atoms with E-state index in [2.05, 4.69) is 15.6 Å². The SMILES string of the molecule is CCN(Cc1ccc(OC)cc1)C(=O)c1nnn(C2CCNCC2)c1C. The maximum Gasteiger partial charge on any atom is 0.276 e. The third-order valence-electron chi connectivity index (χ3n) is 4.99. The molecule has 1 saturated heterocycles. The highest BCUT2D eigenvalue weighted by atomic mass is 16.5. The molecule has 2 heterocycles. The van der Waals surface area contributed by atoms with Crippen molar-refractivity contribution in [1.82, 2.24) is 25.2 Å². The Morgan fingerprint density at radius 3 is 2.62 bits per heavy atom. The molecule has 140 valence electrons. The molecule has 1 fully saturated rings. The summed E-state index contributed by atoms with van der Waals surface area (Å²) in [7, 11) is 1.64. The fourth-order valence-electron chi connectivity index (χ4n) is 3.36. The van der Waals surface area contributed by atoms with E-state index in [4.69, 9.17) is 4.74 Å². The van der Waals surface area contributed by atoms with Gasteiger partial charge in [0.25, 0.3) is 5.91 Å². The Hall–Kier alpha value is -2.41. The number of hydrogen-bond donors (Lipinski definition) is 1. The fraction of sp³-hybridized carbons (Fsp3) is 0.526. The molecule has 7 nitrogen and oxygen atoms in total. The normalized spacial score (nSPS) is 15.0. The largest absolute Gasteiger partial charge is 0.497 e. The molecule has 0 bridgehead atoms. The van der Waals surface area contributed by atoms with Gasteiger partial charge < -0.3 is 15.0 Å². The molecule has 2 aromatic rings. The number of rotatable bonds is 6. The van der Waals surface area contributed by atoms with Crippen LogP contribution in [0.5, 0.6) is 5.75 Å². The molecule has 26 heavy (non-hydrogen) atoms. The van der Waals surface area contributed by atoms with Gasteiger partial charge in [-0.05, 0) is 57.5 Å². The number of carbonyl (C=O) groups excluding carboxylic acids is 1. The smallest absolute Gasteiger partial charge is 0.276 e. The van der Waals surface area contributed by atoms with Gasteiger partial charge in [0, 0.05) is 13.1 Å². The third kappa shape index (κ3) is 3.88. The first-order valence-electron chi connectivity index (χ1n) is 9.18. The molecular weight excluding hydrogens is 330 g/mol. The summed E-state index contributed by atoms with van der Waals surface area (Å²) in [4.78, 5) is 14.8. The zero-order valence-corrected chi connectivity index (χ0v) is 15.7. The summed E-state index contributed by atoms with van der Waals surface area (Å²) in [5.41, 5.74) is 2.37. The van der Waals surface area contributed by atoms with Crippen molar-refractivity contribution in [2.75, 3.05) is 26.7 Å². The summed E-state index contributed by atoms with van der Waals surface area (Å²) in [5.74, 6) is 0.741. The minimum absolute atomic E-state index is 0.0685. The monoisotopic (exact) mass is 357 g/mol. The maximum atomic E-state index is 13.0. The second kappa shape index (κ2) is 8.31. The molecule has 1 amide bonds. The van der Waals surface area contributed by atoms with Gasteiger partial charge in [-0.2, -0.15) is 0 Å². The highest BCUT2D eigenvalue weighted by molar-refractivity contribution is 5.93. The molecule has 0 unspecified atom stereocenters. The third-order valence-corrected chi connectivity index (χ3v) is 4.99. The summed E-state index contributed by atoms with van der Waals surface area (Å²) in [6.07, 6.45) is 2.03. The Balaban J connectivity index is 1.74. The molecule has 1 aliphatic rings. The van der Waals surface area contributed by atoms with Crippen molar-refractivity contribution in [2.45, 2.75) is 39.3 Å². The average Bonchev–Trinajstić information content (AvgIpc) is 3.08. The van der Waals surface area contributed by atoms with Gasteiger partial charge in [0.15, 0.2) is 5.69 Å². The Bertz CT molecular complexity index is 735. The van der Waals surface area contributed by atoms with Gasteiger partial charge in [0.05, 0.1) is 18.8 Å². The summed E-state index contributed by atoms with van der Waals surface area (Å²) < 4.78 is 7.11. The lowest BCUT2D eigenvalue weighted by Crippen LogP contribution is -2.32. The van der Waals surface area contributed by atoms with Gasteiger partial charge in [0.1, 0.15) is 5.75 Å². The second-order valence-electron chi connectivity index (χ2n) is 6.62. The van der Waals surface area contributed by atoms with Crippen LogP contribution in [-0.2, 0) is 6.54 Å². The zero-order chi connectivity index (χ0) is 18.5. The summed E-state index contributed by atoms with van der Waals surface area (Å²) >= 11 is 0. The molecule has 3 rings (SSSR count). The number of nitrogens with zero attached hydrogens (tertiary/aromatic N) is 4. The van der Waals surface area contributed by atoms with Crippen molar-refractivity contribution in [3.05, 3.63) is 41.2 Å². The van der Waals surface area contributed by atoms with Crippen LogP contribution < -0.4 is 10.1 Å². The Morgan fingerprint density at radius 2 is 2.00 bits per heavy atom. The molecule has 7 heteroatoms. The number of benzene rings is 1. The molecule has 1 aromatic carbocycles. The number of amides is 1. The Kier molecular flexibility index (Phi) is 5.88. The number of carbonyl (C=O) groups is 1. The van der Waals surface area contributed by atoms with Crippen LogP contribution in [-0.4, -0.2) is 52.5 Å². The van der Waals surface area contributed by atoms with Crippen molar-refractivity contribution in [1.29, 1.82) is 0 Å². The minimum Gasteiger partial charge on any atom is -0.497 e. The molecule has 0 saturated carbocycles. The van der Waals surface area contributed by atoms with E-state index in [9.17, 15) is 4.79 Å². The van der Waals surface area contributed by atoms with E-state index in [1.807, 2.05) is 42.8 Å². The number of methoxy groups -OCH3 is 1. The number of hydrogen-bond acceptors (Lipinski definition) is 5. The average molecular weight is 357 g/mol. The van der Waals surface area contributed by atoms with E-state index in [0.29, 0.717) is 24.8 Å². The van der Waals surface area contributed by atoms with Crippen molar-refractivity contribution in [2.24, 2.45) is 0 Å². The second-order valence-corrected chi connectivity index (χ2v) is 6.62. The van der Waals surface area contributed by atoms with Crippen LogP contribution >= 0.6 is 0 Å². The molecule has 1 aromatic heterocycles. The van der Waals surface area contributed by atoms with E-state index < -0.39 is 0 Å². The van der Waals surface area contributed by atoms with Crippen LogP contribution in [0.15, 0.2) is 24.3 Å². The van der Waals surface area contributed by atoms with Crippen molar-refractivity contribution >= 4 is 5.91 Å². The lowest BCUT2D eigenvalue weighted by Gasteiger charge is -2.24. The maximum absolute atomic E-state index is 13.0. The predicted molar refractivity (Wildman–Crippen MR) is 99.3 cm³/mol. The predicted octanol–water partition coefficient (Wildman–Crippen LogP) is 2.18. The topological polar surface area (TPSA) is 72.3 Å². The summed E-state index contributed by atoms with van der Waals surface area (Å²) in [6, 6.07) is 8.10. The number of aromatic nitrogens is 3. The van der Waals surface area contributed by atoms with Crippen LogP contribution in [0.3, 0.4) is 0 Å². The molecular formula is C19H27N5O2. The number of ether oxygens (including phenoxy) is 1. The Labute approximate surface area is 154 Å². The lowest BCUT2D eigenvalue weighted by molar-refractivity contribution is 0.0745. The molecule has 1 N–H and O–H groups in total. The van der Waals surface area contributed by atoms with E-state index in [1.54, 1.807) is 12.0 Å². The van der Waals surface area contributed by atoms with Gasteiger partial charge in [-0.3, -0.25) is 4.79 Å². The minimum atomic E-state index is -0.0685. The molecule has 0 atom stereocenters. The number of nitrogens with one attached hydrogen (secondary N) is 1. The van der Waals surface area contributed by atoms with Gasteiger partial charge in [0.2, 0.25) is 0 Å². The Morgan fingerprint density at radius 1 is 1.31 bits per heavy atom. The fourth-order valence-corrected chi connectivity index (χ4v) is 3.36. The van der Waals surface area contributed by atoms with E-state index in [-0.39, 0.29) is 5.91 Å². The summed E-state index contributed by atoms with van der Waals surface area (Å²) in [5, 5.41) is 11.8. The van der Waals surface area contributed by atoms with Crippen molar-refractivity contribution in [3.63, 3.8) is 0 Å². The van der Waals surface area contributed by atoms with E-state index in [1.165, 1.54) is 0 Å². The van der Waals surface area contributed by atoms with Crippen molar-refractivity contribution in [3.8, 4) is 5.75 Å². The van der Waals surface area contributed by atoms with Gasteiger partial charge in [-0.15, -0.1) is 5.10 Å². The molecule has 1 aliphatic heterocycles. The first kappa shape index (κ1) is 18.4. The van der Waals surface area contributed by atoms with Crippen LogP contribution in [0.25, 0.3) is 0 Å².